The Morgan fingerprint density at radius 3 is 2.31 bits per heavy atom. The van der Waals surface area contributed by atoms with E-state index in [0.29, 0.717) is 16.8 Å². The van der Waals surface area contributed by atoms with Crippen molar-refractivity contribution in [3.63, 3.8) is 0 Å². The van der Waals surface area contributed by atoms with Crippen LogP contribution in [-0.4, -0.2) is 29.9 Å². The van der Waals surface area contributed by atoms with Crippen molar-refractivity contribution in [2.24, 2.45) is 0 Å². The first-order valence-corrected chi connectivity index (χ1v) is 10.3. The summed E-state index contributed by atoms with van der Waals surface area (Å²) in [5.41, 5.74) is 11.5. The maximum atomic E-state index is 11.5. The SMILES string of the molecule is Nc1ccc(S(=O)(=O)O)c(N)c1.O=C(CCCl)Nc1cccc2cccc(O)c12. The zero-order chi connectivity index (χ0) is 21.6. The van der Waals surface area contributed by atoms with E-state index in [1.54, 1.807) is 18.2 Å². The molecule has 0 radical (unpaired) electrons. The second-order valence-corrected chi connectivity index (χ2v) is 7.71. The van der Waals surface area contributed by atoms with Crippen molar-refractivity contribution in [2.45, 2.75) is 11.3 Å². The normalized spacial score (nSPS) is 10.8. The Morgan fingerprint density at radius 1 is 1.07 bits per heavy atom. The number of carbonyl (C=O) groups excluding carboxylic acids is 1. The van der Waals surface area contributed by atoms with Gasteiger partial charge in [0.2, 0.25) is 5.91 Å². The predicted octanol–water partition coefficient (Wildman–Crippen LogP) is 3.21. The van der Waals surface area contributed by atoms with Crippen molar-refractivity contribution < 1.29 is 22.9 Å². The van der Waals surface area contributed by atoms with E-state index in [4.69, 9.17) is 27.6 Å². The number of halogens is 1. The molecule has 29 heavy (non-hydrogen) atoms. The van der Waals surface area contributed by atoms with Gasteiger partial charge in [-0.25, -0.2) is 0 Å². The first kappa shape index (κ1) is 22.3. The van der Waals surface area contributed by atoms with Crippen molar-refractivity contribution in [2.75, 3.05) is 22.7 Å². The molecule has 1 amide bonds. The number of fused-ring (bicyclic) bond motifs is 1. The monoisotopic (exact) mass is 437 g/mol. The van der Waals surface area contributed by atoms with Crippen LogP contribution in [0.3, 0.4) is 0 Å². The molecule has 0 unspecified atom stereocenters. The number of aromatic hydroxyl groups is 1. The van der Waals surface area contributed by atoms with Crippen molar-refractivity contribution >= 4 is 55.5 Å². The molecular weight excluding hydrogens is 418 g/mol. The molecule has 0 aliphatic heterocycles. The van der Waals surface area contributed by atoms with Gasteiger partial charge in [0.05, 0.1) is 11.4 Å². The fraction of sp³-hybridized carbons (Fsp3) is 0.105. The predicted molar refractivity (Wildman–Crippen MR) is 115 cm³/mol. The molecular formula is C19H20ClN3O5S. The minimum atomic E-state index is -4.23. The zero-order valence-electron chi connectivity index (χ0n) is 15.2. The number of carbonyl (C=O) groups is 1. The van der Waals surface area contributed by atoms with Gasteiger partial charge in [0.1, 0.15) is 10.6 Å². The summed E-state index contributed by atoms with van der Waals surface area (Å²) in [5, 5.41) is 14.1. The number of hydrogen-bond donors (Lipinski definition) is 5. The number of nitrogen functional groups attached to an aromatic ring is 2. The molecule has 0 atom stereocenters. The number of nitrogens with two attached hydrogens (primary N) is 2. The van der Waals surface area contributed by atoms with Gasteiger partial charge in [0.25, 0.3) is 10.1 Å². The summed E-state index contributed by atoms with van der Waals surface area (Å²) in [4.78, 5) is 11.2. The highest BCUT2D eigenvalue weighted by Gasteiger charge is 2.12. The number of hydrogen-bond acceptors (Lipinski definition) is 6. The van der Waals surface area contributed by atoms with Gasteiger partial charge < -0.3 is 21.9 Å². The standard InChI is InChI=1S/C13H12ClNO2.C6H8N2O3S/c14-8-7-12(17)15-10-5-1-3-9-4-2-6-11(16)13(9)10;7-4-1-2-6(5(8)3-4)12(9,10)11/h1-6,16H,7-8H2,(H,15,17);1-3H,7-8H2,(H,9,10,11). The number of rotatable bonds is 4. The molecule has 0 heterocycles. The Morgan fingerprint density at radius 2 is 1.72 bits per heavy atom. The second kappa shape index (κ2) is 9.46. The maximum absolute atomic E-state index is 11.5. The van der Waals surface area contributed by atoms with E-state index >= 15 is 0 Å². The number of nitrogens with one attached hydrogen (secondary N) is 1. The molecule has 0 saturated carbocycles. The summed E-state index contributed by atoms with van der Waals surface area (Å²) in [5.74, 6) is 0.280. The van der Waals surface area contributed by atoms with Crippen LogP contribution in [0.5, 0.6) is 5.75 Å². The molecule has 3 aromatic carbocycles. The first-order valence-electron chi connectivity index (χ1n) is 8.32. The lowest BCUT2D eigenvalue weighted by Gasteiger charge is -2.09. The van der Waals surface area contributed by atoms with E-state index in [0.717, 1.165) is 11.5 Å². The third-order valence-corrected chi connectivity index (χ3v) is 4.91. The molecule has 7 N–H and O–H groups in total. The van der Waals surface area contributed by atoms with Gasteiger partial charge in [-0.1, -0.05) is 24.3 Å². The van der Waals surface area contributed by atoms with Crippen LogP contribution in [0.15, 0.2) is 59.5 Å². The molecule has 0 bridgehead atoms. The summed E-state index contributed by atoms with van der Waals surface area (Å²) in [6, 6.07) is 14.5. The molecule has 0 saturated heterocycles. The van der Waals surface area contributed by atoms with Crippen molar-refractivity contribution in [1.82, 2.24) is 0 Å². The largest absolute Gasteiger partial charge is 0.507 e. The van der Waals surface area contributed by atoms with Crippen LogP contribution < -0.4 is 16.8 Å². The van der Waals surface area contributed by atoms with Gasteiger partial charge in [-0.15, -0.1) is 11.6 Å². The molecule has 0 fully saturated rings. The van der Waals surface area contributed by atoms with Gasteiger partial charge in [0, 0.05) is 23.4 Å². The number of alkyl halides is 1. The molecule has 0 aliphatic rings. The number of phenolic OH excluding ortho intramolecular Hbond substituents is 1. The highest BCUT2D eigenvalue weighted by Crippen LogP contribution is 2.31. The highest BCUT2D eigenvalue weighted by atomic mass is 35.5. The molecule has 3 aromatic rings. The minimum absolute atomic E-state index is 0.0579. The highest BCUT2D eigenvalue weighted by molar-refractivity contribution is 7.86. The van der Waals surface area contributed by atoms with E-state index in [1.165, 1.54) is 12.1 Å². The Labute approximate surface area is 172 Å². The molecule has 154 valence electrons. The maximum Gasteiger partial charge on any atom is 0.296 e. The molecule has 8 nitrogen and oxygen atoms in total. The second-order valence-electron chi connectivity index (χ2n) is 5.94. The lowest BCUT2D eigenvalue weighted by molar-refractivity contribution is -0.115. The lowest BCUT2D eigenvalue weighted by Crippen LogP contribution is -2.11. The van der Waals surface area contributed by atoms with Crippen LogP contribution in [0, 0.1) is 0 Å². The van der Waals surface area contributed by atoms with Crippen LogP contribution in [0.1, 0.15) is 6.42 Å². The fourth-order valence-corrected chi connectivity index (χ4v) is 3.29. The third kappa shape index (κ3) is 5.98. The van der Waals surface area contributed by atoms with Gasteiger partial charge >= 0.3 is 0 Å². The van der Waals surface area contributed by atoms with E-state index < -0.39 is 10.1 Å². The third-order valence-electron chi connectivity index (χ3n) is 3.79. The first-order chi connectivity index (χ1) is 13.6. The average molecular weight is 438 g/mol. The summed E-state index contributed by atoms with van der Waals surface area (Å²) >= 11 is 5.50. The van der Waals surface area contributed by atoms with E-state index in [9.17, 15) is 18.3 Å². The Bertz CT molecular complexity index is 1130. The van der Waals surface area contributed by atoms with Crippen LogP contribution in [-0.2, 0) is 14.9 Å². The van der Waals surface area contributed by atoms with E-state index in [1.807, 2.05) is 18.2 Å². The molecule has 10 heteroatoms. The van der Waals surface area contributed by atoms with E-state index in [2.05, 4.69) is 5.32 Å². The summed E-state index contributed by atoms with van der Waals surface area (Å²) < 4.78 is 29.8. The van der Waals surface area contributed by atoms with Crippen LogP contribution in [0.25, 0.3) is 10.8 Å². The topological polar surface area (TPSA) is 156 Å². The van der Waals surface area contributed by atoms with Crippen molar-refractivity contribution in [1.29, 1.82) is 0 Å². The number of benzene rings is 3. The number of anilines is 3. The van der Waals surface area contributed by atoms with Gasteiger partial charge in [-0.05, 0) is 35.7 Å². The Balaban J connectivity index is 0.000000221. The quantitative estimate of drug-likeness (QED) is 0.238. The number of amides is 1. The van der Waals surface area contributed by atoms with Crippen molar-refractivity contribution in [3.8, 4) is 5.75 Å². The van der Waals surface area contributed by atoms with Crippen LogP contribution in [0.2, 0.25) is 0 Å². The minimum Gasteiger partial charge on any atom is -0.507 e. The Hall–Kier alpha value is -3.01. The molecule has 0 aliphatic carbocycles. The summed E-state index contributed by atoms with van der Waals surface area (Å²) in [6.45, 7) is 0. The van der Waals surface area contributed by atoms with Gasteiger partial charge in [-0.3, -0.25) is 9.35 Å². The smallest absolute Gasteiger partial charge is 0.296 e. The van der Waals surface area contributed by atoms with Crippen LogP contribution >= 0.6 is 11.6 Å². The summed E-state index contributed by atoms with van der Waals surface area (Å²) in [6.07, 6.45) is 0.255. The molecule has 0 aromatic heterocycles. The molecule has 0 spiro atoms. The lowest BCUT2D eigenvalue weighted by atomic mass is 10.1. The zero-order valence-corrected chi connectivity index (χ0v) is 16.7. The fourth-order valence-electron chi connectivity index (χ4n) is 2.53. The average Bonchev–Trinajstić information content (AvgIpc) is 2.61. The van der Waals surface area contributed by atoms with E-state index in [-0.39, 0.29) is 34.5 Å². The summed E-state index contributed by atoms with van der Waals surface area (Å²) in [7, 11) is -4.23. The Kier molecular flexibility index (Phi) is 7.27. The van der Waals surface area contributed by atoms with Gasteiger partial charge in [-0.2, -0.15) is 8.42 Å². The molecule has 3 rings (SSSR count). The van der Waals surface area contributed by atoms with Crippen LogP contribution in [0.4, 0.5) is 17.1 Å². The van der Waals surface area contributed by atoms with Crippen molar-refractivity contribution in [3.05, 3.63) is 54.6 Å². The van der Waals surface area contributed by atoms with Gasteiger partial charge in [0.15, 0.2) is 0 Å². The number of phenols is 1.